The lowest BCUT2D eigenvalue weighted by atomic mass is 9.79. The van der Waals surface area contributed by atoms with Crippen LogP contribution in [0.2, 0.25) is 0 Å². The summed E-state index contributed by atoms with van der Waals surface area (Å²) in [5, 5.41) is 0. The predicted octanol–water partition coefficient (Wildman–Crippen LogP) is 1.98. The van der Waals surface area contributed by atoms with Gasteiger partial charge in [-0.1, -0.05) is 11.8 Å². The number of ether oxygens (including phenoxy) is 3. The Labute approximate surface area is 129 Å². The van der Waals surface area contributed by atoms with E-state index in [0.29, 0.717) is 24.7 Å². The molecular formula is C18H16O4. The van der Waals surface area contributed by atoms with Gasteiger partial charge in [0.15, 0.2) is 5.79 Å². The molecule has 1 aromatic rings. The number of hydrogen-bond acceptors (Lipinski definition) is 4. The first-order chi connectivity index (χ1) is 10.7. The number of carbonyl (C=O) groups is 1. The van der Waals surface area contributed by atoms with E-state index in [4.69, 9.17) is 9.47 Å². The molecule has 1 saturated carbocycles. The van der Waals surface area contributed by atoms with Crippen molar-refractivity contribution in [1.29, 1.82) is 0 Å². The Morgan fingerprint density at radius 1 is 1.18 bits per heavy atom. The molecule has 2 aliphatic rings. The average molecular weight is 296 g/mol. The van der Waals surface area contributed by atoms with Crippen LogP contribution in [-0.2, 0) is 14.2 Å². The van der Waals surface area contributed by atoms with Crippen LogP contribution in [0.3, 0.4) is 0 Å². The summed E-state index contributed by atoms with van der Waals surface area (Å²) in [4.78, 5) is 11.3. The molecule has 1 aromatic carbocycles. The molecule has 0 unspecified atom stereocenters. The zero-order chi connectivity index (χ0) is 15.4. The second kappa shape index (κ2) is 6.23. The van der Waals surface area contributed by atoms with Gasteiger partial charge in [0.1, 0.15) is 0 Å². The Morgan fingerprint density at radius 3 is 2.50 bits per heavy atom. The van der Waals surface area contributed by atoms with E-state index < -0.39 is 0 Å². The zero-order valence-corrected chi connectivity index (χ0v) is 12.3. The van der Waals surface area contributed by atoms with E-state index >= 15 is 0 Å². The van der Waals surface area contributed by atoms with E-state index in [9.17, 15) is 4.79 Å². The normalized spacial score (nSPS) is 18.6. The standard InChI is InChI=1S/C18H16O4/c1-20-17(19)16-8-6-14(7-9-16)4-2-3-5-15-12-18(13-15)21-10-11-22-18/h6-9,15H,10-13H2,1H3. The fraction of sp³-hybridized carbons (Fsp3) is 0.389. The van der Waals surface area contributed by atoms with Crippen molar-refractivity contribution < 1.29 is 19.0 Å². The predicted molar refractivity (Wildman–Crippen MR) is 79.8 cm³/mol. The van der Waals surface area contributed by atoms with E-state index in [-0.39, 0.29) is 11.8 Å². The molecule has 1 aliphatic heterocycles. The molecule has 4 nitrogen and oxygen atoms in total. The van der Waals surface area contributed by atoms with Crippen molar-refractivity contribution in [1.82, 2.24) is 0 Å². The highest BCUT2D eigenvalue weighted by atomic mass is 16.7. The summed E-state index contributed by atoms with van der Waals surface area (Å²) in [7, 11) is 1.36. The number of hydrogen-bond donors (Lipinski definition) is 0. The fourth-order valence-corrected chi connectivity index (χ4v) is 2.57. The molecule has 112 valence electrons. The molecule has 1 saturated heterocycles. The molecule has 1 spiro atoms. The minimum atomic E-state index is -0.352. The summed E-state index contributed by atoms with van der Waals surface area (Å²) in [5.74, 6) is 11.4. The first-order valence-electron chi connectivity index (χ1n) is 7.19. The van der Waals surface area contributed by atoms with Gasteiger partial charge in [0.2, 0.25) is 0 Å². The second-order valence-electron chi connectivity index (χ2n) is 5.30. The Balaban J connectivity index is 1.54. The maximum atomic E-state index is 11.3. The van der Waals surface area contributed by atoms with Crippen molar-refractivity contribution in [2.45, 2.75) is 18.6 Å². The number of benzene rings is 1. The van der Waals surface area contributed by atoms with Gasteiger partial charge in [-0.05, 0) is 36.1 Å². The van der Waals surface area contributed by atoms with Gasteiger partial charge in [0.05, 0.1) is 25.9 Å². The van der Waals surface area contributed by atoms with E-state index in [2.05, 4.69) is 28.4 Å². The Kier molecular flexibility index (Phi) is 4.15. The van der Waals surface area contributed by atoms with Gasteiger partial charge in [-0.15, -0.1) is 0 Å². The maximum Gasteiger partial charge on any atom is 0.337 e. The summed E-state index contributed by atoms with van der Waals surface area (Å²) in [5.41, 5.74) is 1.32. The molecule has 0 atom stereocenters. The highest BCUT2D eigenvalue weighted by Crippen LogP contribution is 2.43. The van der Waals surface area contributed by atoms with Crippen LogP contribution in [0.15, 0.2) is 24.3 Å². The zero-order valence-electron chi connectivity index (χ0n) is 12.3. The van der Waals surface area contributed by atoms with Crippen molar-refractivity contribution in [3.63, 3.8) is 0 Å². The van der Waals surface area contributed by atoms with E-state index in [1.54, 1.807) is 24.3 Å². The molecule has 1 aliphatic carbocycles. The first kappa shape index (κ1) is 14.7. The van der Waals surface area contributed by atoms with Crippen molar-refractivity contribution in [2.75, 3.05) is 20.3 Å². The molecule has 1 heterocycles. The molecule has 22 heavy (non-hydrogen) atoms. The third-order valence-electron chi connectivity index (χ3n) is 3.78. The smallest absolute Gasteiger partial charge is 0.337 e. The second-order valence-corrected chi connectivity index (χ2v) is 5.30. The monoisotopic (exact) mass is 296 g/mol. The van der Waals surface area contributed by atoms with Gasteiger partial charge in [-0.2, -0.15) is 0 Å². The first-order valence-corrected chi connectivity index (χ1v) is 7.19. The van der Waals surface area contributed by atoms with Crippen molar-refractivity contribution >= 4 is 5.97 Å². The van der Waals surface area contributed by atoms with Crippen molar-refractivity contribution in [2.24, 2.45) is 5.92 Å². The highest BCUT2D eigenvalue weighted by Gasteiger charge is 2.48. The van der Waals surface area contributed by atoms with E-state index in [1.807, 2.05) is 0 Å². The van der Waals surface area contributed by atoms with Crippen LogP contribution < -0.4 is 0 Å². The summed E-state index contributed by atoms with van der Waals surface area (Å²) in [6, 6.07) is 6.93. The summed E-state index contributed by atoms with van der Waals surface area (Å²) in [6.45, 7) is 1.36. The van der Waals surface area contributed by atoms with Crippen LogP contribution in [-0.4, -0.2) is 32.1 Å². The molecule has 0 bridgehead atoms. The third kappa shape index (κ3) is 3.14. The van der Waals surface area contributed by atoms with Crippen LogP contribution in [0.1, 0.15) is 28.8 Å². The number of rotatable bonds is 1. The van der Waals surface area contributed by atoms with Crippen LogP contribution >= 0.6 is 0 Å². The Bertz CT molecular complexity index is 668. The van der Waals surface area contributed by atoms with Crippen LogP contribution in [0.25, 0.3) is 0 Å². The Morgan fingerprint density at radius 2 is 1.86 bits per heavy atom. The topological polar surface area (TPSA) is 44.8 Å². The van der Waals surface area contributed by atoms with Gasteiger partial charge < -0.3 is 14.2 Å². The molecule has 0 amide bonds. The molecule has 2 fully saturated rings. The largest absolute Gasteiger partial charge is 0.465 e. The van der Waals surface area contributed by atoms with Gasteiger partial charge in [0, 0.05) is 24.3 Å². The summed E-state index contributed by atoms with van der Waals surface area (Å²) >= 11 is 0. The molecule has 4 heteroatoms. The van der Waals surface area contributed by atoms with Gasteiger partial charge in [0.25, 0.3) is 0 Å². The minimum Gasteiger partial charge on any atom is -0.465 e. The summed E-state index contributed by atoms with van der Waals surface area (Å²) < 4.78 is 15.8. The SMILES string of the molecule is COC(=O)c1ccc(C#CC#CC2CC3(C2)OCCO3)cc1. The summed E-state index contributed by atoms with van der Waals surface area (Å²) in [6.07, 6.45) is 1.66. The van der Waals surface area contributed by atoms with E-state index in [1.165, 1.54) is 7.11 Å². The third-order valence-corrected chi connectivity index (χ3v) is 3.78. The molecular weight excluding hydrogens is 280 g/mol. The van der Waals surface area contributed by atoms with Crippen LogP contribution in [0.4, 0.5) is 0 Å². The van der Waals surface area contributed by atoms with Gasteiger partial charge in [-0.3, -0.25) is 0 Å². The number of carbonyl (C=O) groups excluding carboxylic acids is 1. The number of methoxy groups -OCH3 is 1. The van der Waals surface area contributed by atoms with Crippen LogP contribution in [0, 0.1) is 29.6 Å². The average Bonchev–Trinajstić information content (AvgIpc) is 3.00. The quantitative estimate of drug-likeness (QED) is 0.587. The fourth-order valence-electron chi connectivity index (χ4n) is 2.57. The minimum absolute atomic E-state index is 0.300. The Hall–Kier alpha value is -2.27. The maximum absolute atomic E-state index is 11.3. The molecule has 0 N–H and O–H groups in total. The van der Waals surface area contributed by atoms with Crippen molar-refractivity contribution in [3.05, 3.63) is 35.4 Å². The highest BCUT2D eigenvalue weighted by molar-refractivity contribution is 5.89. The van der Waals surface area contributed by atoms with Crippen LogP contribution in [0.5, 0.6) is 0 Å². The lowest BCUT2D eigenvalue weighted by Crippen LogP contribution is -2.44. The molecule has 0 aromatic heterocycles. The van der Waals surface area contributed by atoms with Crippen molar-refractivity contribution in [3.8, 4) is 23.7 Å². The lowest BCUT2D eigenvalue weighted by molar-refractivity contribution is -0.220. The lowest BCUT2D eigenvalue weighted by Gasteiger charge is -2.40. The van der Waals surface area contributed by atoms with E-state index in [0.717, 1.165) is 18.4 Å². The van der Waals surface area contributed by atoms with Gasteiger partial charge in [-0.25, -0.2) is 4.79 Å². The number of esters is 1. The van der Waals surface area contributed by atoms with Gasteiger partial charge >= 0.3 is 5.97 Å². The molecule has 3 rings (SSSR count). The molecule has 0 radical (unpaired) electrons.